The zero-order chi connectivity index (χ0) is 12.0. The Morgan fingerprint density at radius 1 is 1.38 bits per heavy atom. The van der Waals surface area contributed by atoms with Crippen LogP contribution in [0.1, 0.15) is 43.5 Å². The van der Waals surface area contributed by atoms with E-state index in [9.17, 15) is 4.79 Å². The lowest BCUT2D eigenvalue weighted by molar-refractivity contribution is 0.101. The smallest absolute Gasteiger partial charge is 0.159 e. The highest BCUT2D eigenvalue weighted by Gasteiger charge is 2.05. The number of ketones is 1. The Morgan fingerprint density at radius 2 is 2.12 bits per heavy atom. The summed E-state index contributed by atoms with van der Waals surface area (Å²) in [6.45, 7) is 4.34. The molecule has 16 heavy (non-hydrogen) atoms. The molecule has 0 aliphatic rings. The second-order valence-corrected chi connectivity index (χ2v) is 4.16. The summed E-state index contributed by atoms with van der Waals surface area (Å²) in [5.41, 5.74) is 0.617. The molecule has 0 unspecified atom stereocenters. The molecular weight excluding hydrogens is 224 g/mol. The van der Waals surface area contributed by atoms with E-state index in [1.807, 2.05) is 0 Å². The number of hydrogen-bond donors (Lipinski definition) is 0. The van der Waals surface area contributed by atoms with Crippen molar-refractivity contribution in [3.63, 3.8) is 0 Å². The van der Waals surface area contributed by atoms with Gasteiger partial charge in [-0.05, 0) is 31.5 Å². The van der Waals surface area contributed by atoms with Crippen LogP contribution in [0.5, 0.6) is 5.75 Å². The summed E-state index contributed by atoms with van der Waals surface area (Å²) in [5.74, 6) is 0.669. The third-order valence-corrected chi connectivity index (χ3v) is 2.64. The van der Waals surface area contributed by atoms with E-state index >= 15 is 0 Å². The van der Waals surface area contributed by atoms with Crippen LogP contribution in [0.4, 0.5) is 0 Å². The summed E-state index contributed by atoms with van der Waals surface area (Å²) in [6, 6.07) is 5.15. The number of carbonyl (C=O) groups excluding carboxylic acids is 1. The zero-order valence-electron chi connectivity index (χ0n) is 9.75. The Bertz CT molecular complexity index is 361. The predicted molar refractivity (Wildman–Crippen MR) is 66.5 cm³/mol. The number of ether oxygens (including phenoxy) is 1. The van der Waals surface area contributed by atoms with Gasteiger partial charge < -0.3 is 4.74 Å². The average Bonchev–Trinajstić information content (AvgIpc) is 2.26. The van der Waals surface area contributed by atoms with Crippen molar-refractivity contribution in [1.82, 2.24) is 0 Å². The zero-order valence-corrected chi connectivity index (χ0v) is 10.5. The molecule has 0 spiro atoms. The molecule has 88 valence electrons. The van der Waals surface area contributed by atoms with Crippen molar-refractivity contribution in [3.8, 4) is 5.75 Å². The summed E-state index contributed by atoms with van der Waals surface area (Å²) in [6.07, 6.45) is 3.35. The first-order chi connectivity index (χ1) is 7.65. The molecule has 0 aliphatic heterocycles. The summed E-state index contributed by atoms with van der Waals surface area (Å²) < 4.78 is 5.53. The molecule has 0 atom stereocenters. The molecule has 0 N–H and O–H groups in total. The van der Waals surface area contributed by atoms with E-state index in [0.717, 1.165) is 12.8 Å². The van der Waals surface area contributed by atoms with Crippen LogP contribution >= 0.6 is 11.6 Å². The molecule has 2 nitrogen and oxygen atoms in total. The SMILES string of the molecule is CCCCCOc1ccc(C(C)=O)cc1Cl. The Labute approximate surface area is 102 Å². The number of hydrogen-bond acceptors (Lipinski definition) is 2. The summed E-state index contributed by atoms with van der Waals surface area (Å²) in [7, 11) is 0. The molecule has 0 aliphatic carbocycles. The second-order valence-electron chi connectivity index (χ2n) is 3.76. The van der Waals surface area contributed by atoms with Crippen molar-refractivity contribution in [2.45, 2.75) is 33.1 Å². The molecule has 1 aromatic rings. The van der Waals surface area contributed by atoms with E-state index < -0.39 is 0 Å². The molecule has 0 amide bonds. The minimum atomic E-state index is 0.0134. The van der Waals surface area contributed by atoms with E-state index in [2.05, 4.69) is 6.92 Å². The van der Waals surface area contributed by atoms with Gasteiger partial charge in [0.15, 0.2) is 5.78 Å². The number of benzene rings is 1. The van der Waals surface area contributed by atoms with Crippen molar-refractivity contribution < 1.29 is 9.53 Å². The molecule has 0 saturated carbocycles. The van der Waals surface area contributed by atoms with Gasteiger partial charge in [-0.3, -0.25) is 4.79 Å². The van der Waals surface area contributed by atoms with Crippen molar-refractivity contribution in [2.75, 3.05) is 6.61 Å². The van der Waals surface area contributed by atoms with Crippen molar-refractivity contribution in [2.24, 2.45) is 0 Å². The van der Waals surface area contributed by atoms with Crippen LogP contribution in [-0.4, -0.2) is 12.4 Å². The third kappa shape index (κ3) is 3.86. The summed E-state index contributed by atoms with van der Waals surface area (Å²) in [4.78, 5) is 11.1. The fourth-order valence-corrected chi connectivity index (χ4v) is 1.61. The second kappa shape index (κ2) is 6.54. The number of halogens is 1. The number of unbranched alkanes of at least 4 members (excludes halogenated alkanes) is 2. The quantitative estimate of drug-likeness (QED) is 0.553. The van der Waals surface area contributed by atoms with Crippen LogP contribution in [0.15, 0.2) is 18.2 Å². The van der Waals surface area contributed by atoms with Crippen LogP contribution in [0.25, 0.3) is 0 Å². The minimum Gasteiger partial charge on any atom is -0.492 e. The van der Waals surface area contributed by atoms with E-state index in [1.54, 1.807) is 18.2 Å². The molecule has 3 heteroatoms. The van der Waals surface area contributed by atoms with Crippen LogP contribution in [-0.2, 0) is 0 Å². The molecule has 1 rings (SSSR count). The highest BCUT2D eigenvalue weighted by molar-refractivity contribution is 6.32. The predicted octanol–water partition coefficient (Wildman–Crippen LogP) is 4.11. The Morgan fingerprint density at radius 3 is 2.69 bits per heavy atom. The maximum absolute atomic E-state index is 11.1. The van der Waals surface area contributed by atoms with Crippen LogP contribution in [0.3, 0.4) is 0 Å². The lowest BCUT2D eigenvalue weighted by atomic mass is 10.1. The average molecular weight is 241 g/mol. The van der Waals surface area contributed by atoms with Crippen molar-refractivity contribution in [3.05, 3.63) is 28.8 Å². The molecule has 0 saturated heterocycles. The molecule has 0 fully saturated rings. The minimum absolute atomic E-state index is 0.0134. The van der Waals surface area contributed by atoms with Gasteiger partial charge in [-0.25, -0.2) is 0 Å². The molecule has 0 aromatic heterocycles. The van der Waals surface area contributed by atoms with E-state index in [1.165, 1.54) is 13.3 Å². The number of carbonyl (C=O) groups is 1. The Hall–Kier alpha value is -1.02. The first kappa shape index (κ1) is 13.0. The van der Waals surface area contributed by atoms with Gasteiger partial charge in [-0.2, -0.15) is 0 Å². The molecular formula is C13H17ClO2. The van der Waals surface area contributed by atoms with E-state index in [-0.39, 0.29) is 5.78 Å². The normalized spacial score (nSPS) is 10.2. The lowest BCUT2D eigenvalue weighted by Gasteiger charge is -2.08. The fraction of sp³-hybridized carbons (Fsp3) is 0.462. The van der Waals surface area contributed by atoms with Gasteiger partial charge >= 0.3 is 0 Å². The van der Waals surface area contributed by atoms with Crippen LogP contribution in [0.2, 0.25) is 5.02 Å². The first-order valence-electron chi connectivity index (χ1n) is 5.58. The molecule has 1 aromatic carbocycles. The monoisotopic (exact) mass is 240 g/mol. The van der Waals surface area contributed by atoms with Crippen molar-refractivity contribution in [1.29, 1.82) is 0 Å². The van der Waals surface area contributed by atoms with Crippen molar-refractivity contribution >= 4 is 17.4 Å². The van der Waals surface area contributed by atoms with Gasteiger partial charge in [0.05, 0.1) is 11.6 Å². The molecule has 0 radical (unpaired) electrons. The van der Waals surface area contributed by atoms with E-state index in [0.29, 0.717) is 22.9 Å². The Balaban J connectivity index is 2.57. The highest BCUT2D eigenvalue weighted by atomic mass is 35.5. The maximum atomic E-state index is 11.1. The largest absolute Gasteiger partial charge is 0.492 e. The van der Waals surface area contributed by atoms with Gasteiger partial charge in [0.1, 0.15) is 5.75 Å². The number of Topliss-reactive ketones (excluding diaryl/α,β-unsaturated/α-hetero) is 1. The van der Waals surface area contributed by atoms with Gasteiger partial charge in [-0.1, -0.05) is 31.4 Å². The first-order valence-corrected chi connectivity index (χ1v) is 5.96. The summed E-state index contributed by atoms with van der Waals surface area (Å²) in [5, 5.41) is 0.504. The van der Waals surface area contributed by atoms with Gasteiger partial charge in [-0.15, -0.1) is 0 Å². The van der Waals surface area contributed by atoms with Gasteiger partial charge in [0.25, 0.3) is 0 Å². The Kier molecular flexibility index (Phi) is 5.33. The summed E-state index contributed by atoms with van der Waals surface area (Å²) >= 11 is 6.01. The van der Waals surface area contributed by atoms with Gasteiger partial charge in [0.2, 0.25) is 0 Å². The van der Waals surface area contributed by atoms with E-state index in [4.69, 9.17) is 16.3 Å². The number of rotatable bonds is 6. The van der Waals surface area contributed by atoms with Gasteiger partial charge in [0, 0.05) is 5.56 Å². The maximum Gasteiger partial charge on any atom is 0.159 e. The third-order valence-electron chi connectivity index (χ3n) is 2.34. The molecule has 0 heterocycles. The lowest BCUT2D eigenvalue weighted by Crippen LogP contribution is -1.99. The fourth-order valence-electron chi connectivity index (χ4n) is 1.37. The molecule has 0 bridgehead atoms. The van der Waals surface area contributed by atoms with Crippen LogP contribution < -0.4 is 4.74 Å². The van der Waals surface area contributed by atoms with Crippen LogP contribution in [0, 0.1) is 0 Å². The topological polar surface area (TPSA) is 26.3 Å². The highest BCUT2D eigenvalue weighted by Crippen LogP contribution is 2.25. The standard InChI is InChI=1S/C13H17ClO2/c1-3-4-5-8-16-13-7-6-11(10(2)15)9-12(13)14/h6-7,9H,3-5,8H2,1-2H3.